The predicted molar refractivity (Wildman–Crippen MR) is 312 cm³/mol. The first-order valence-corrected chi connectivity index (χ1v) is 31.8. The van der Waals surface area contributed by atoms with E-state index in [1.54, 1.807) is 47.1 Å². The van der Waals surface area contributed by atoms with Gasteiger partial charge in [-0.2, -0.15) is 0 Å². The highest BCUT2D eigenvalue weighted by Gasteiger charge is 2.82. The standard InChI is InChI=1S/C64H98O26/c1-31-52(87-46-26-39(77-9)53(32(2)81-46)88-47-27-40(78-10)54(33(3)82-47)89-58-51(71)56(79-11)55(34(4)83-58)90-57-50(70)49(69)48(68)41(30-65)85-57)38(76-8)25-45(80-31)84-37-19-20-59(6)42-28-43(86-44(67)18-17-36-15-13-12-14-16-36)60(7)62(73,35(5)66)23-24-64(60,75)63(42,74)22-21-61(59,72)29-37/h12-18,21-22,31-35,37-43,45-58,65-66,68-75H,19-20,23-30H2,1-11H3/t31-,32-,33-,34-,35+,37+,38+,39+,40-,41-,42-,43-,45+,46+,47+,48-,49+,50-,51-,52-,53-,54-,55-,56+,57+,58+,59-,60-,61-,62-,63+,64-/m1/s1. The summed E-state index contributed by atoms with van der Waals surface area (Å²) in [6.45, 7) is 11.3. The Morgan fingerprint density at radius 2 is 1.16 bits per heavy atom. The van der Waals surface area contributed by atoms with Crippen LogP contribution in [0.25, 0.3) is 6.08 Å². The topological polar surface area (TPSA) is 358 Å². The van der Waals surface area contributed by atoms with Crippen molar-refractivity contribution in [2.45, 2.75) is 282 Å². The number of hydrogen-bond acceptors (Lipinski definition) is 26. The third-order valence-corrected chi connectivity index (χ3v) is 22.2. The van der Waals surface area contributed by atoms with Crippen molar-refractivity contribution >= 4 is 12.0 Å². The van der Waals surface area contributed by atoms with Gasteiger partial charge in [0.25, 0.3) is 0 Å². The number of esters is 1. The molecule has 8 fully saturated rings. The van der Waals surface area contributed by atoms with Crippen molar-refractivity contribution in [2.24, 2.45) is 16.7 Å². The van der Waals surface area contributed by atoms with Gasteiger partial charge in [0.1, 0.15) is 83.9 Å². The number of aliphatic hydroxyl groups is 10. The first-order chi connectivity index (χ1) is 42.6. The van der Waals surface area contributed by atoms with Crippen LogP contribution in [-0.2, 0) is 75.8 Å². The van der Waals surface area contributed by atoms with Crippen LogP contribution >= 0.6 is 0 Å². The monoisotopic (exact) mass is 1280 g/mol. The number of aliphatic hydroxyl groups excluding tert-OH is 6. The van der Waals surface area contributed by atoms with E-state index >= 15 is 0 Å². The molecular formula is C64H98O26. The van der Waals surface area contributed by atoms with Gasteiger partial charge in [-0.1, -0.05) is 56.3 Å². The van der Waals surface area contributed by atoms with Crippen molar-refractivity contribution in [2.75, 3.05) is 35.0 Å². The lowest BCUT2D eigenvalue weighted by Crippen LogP contribution is -2.80. The summed E-state index contributed by atoms with van der Waals surface area (Å²) in [6, 6.07) is 9.18. The summed E-state index contributed by atoms with van der Waals surface area (Å²) in [5.74, 6) is -1.61. The maximum atomic E-state index is 13.7. The van der Waals surface area contributed by atoms with Crippen LogP contribution in [0.5, 0.6) is 0 Å². The predicted octanol–water partition coefficient (Wildman–Crippen LogP) is 0.793. The molecule has 0 unspecified atom stereocenters. The van der Waals surface area contributed by atoms with Crippen LogP contribution in [0.2, 0.25) is 0 Å². The summed E-state index contributed by atoms with van der Waals surface area (Å²) >= 11 is 0. The first kappa shape index (κ1) is 70.0. The minimum absolute atomic E-state index is 0.0446. The number of hydrogen-bond donors (Lipinski definition) is 10. The molecule has 26 heteroatoms. The third kappa shape index (κ3) is 12.3. The van der Waals surface area contributed by atoms with Crippen LogP contribution in [0.1, 0.15) is 112 Å². The molecule has 4 aliphatic carbocycles. The molecule has 0 amide bonds. The molecule has 0 radical (unpaired) electrons. The summed E-state index contributed by atoms with van der Waals surface area (Å²) in [6.07, 6.45) is -17.1. The number of carbonyl (C=O) groups excluding carboxylic acids is 1. The highest BCUT2D eigenvalue weighted by atomic mass is 16.8. The Labute approximate surface area is 525 Å². The molecule has 32 atom stereocenters. The summed E-state index contributed by atoms with van der Waals surface area (Å²) in [5, 5.41) is 115. The van der Waals surface area contributed by atoms with Crippen LogP contribution in [0, 0.1) is 16.7 Å². The van der Waals surface area contributed by atoms with Gasteiger partial charge in [-0.25, -0.2) is 4.79 Å². The molecule has 0 bridgehead atoms. The van der Waals surface area contributed by atoms with Crippen molar-refractivity contribution in [3.05, 3.63) is 54.1 Å². The molecule has 26 nitrogen and oxygen atoms in total. The van der Waals surface area contributed by atoms with Crippen molar-refractivity contribution in [1.29, 1.82) is 0 Å². The van der Waals surface area contributed by atoms with Crippen molar-refractivity contribution in [1.82, 2.24) is 0 Å². The van der Waals surface area contributed by atoms with E-state index in [0.717, 1.165) is 5.56 Å². The number of ether oxygens (including phenoxy) is 15. The molecular weight excluding hydrogens is 1180 g/mol. The second kappa shape index (κ2) is 27.4. The van der Waals surface area contributed by atoms with Gasteiger partial charge in [-0.15, -0.1) is 0 Å². The zero-order valence-corrected chi connectivity index (χ0v) is 53.3. The fourth-order valence-electron chi connectivity index (χ4n) is 16.7. The number of methoxy groups -OCH3 is 4. The van der Waals surface area contributed by atoms with E-state index in [1.807, 2.05) is 51.1 Å². The van der Waals surface area contributed by atoms with Crippen LogP contribution in [-0.4, -0.2) is 268 Å². The number of benzene rings is 1. The summed E-state index contributed by atoms with van der Waals surface area (Å²) in [4.78, 5) is 13.7. The molecule has 510 valence electrons. The van der Waals surface area contributed by atoms with Gasteiger partial charge < -0.3 is 122 Å². The molecule has 5 aliphatic heterocycles. The van der Waals surface area contributed by atoms with Gasteiger partial charge in [0.15, 0.2) is 31.5 Å². The van der Waals surface area contributed by atoms with E-state index in [2.05, 4.69) is 0 Å². The van der Waals surface area contributed by atoms with E-state index in [4.69, 9.17) is 71.1 Å². The molecule has 5 heterocycles. The van der Waals surface area contributed by atoms with Crippen LogP contribution in [0.4, 0.5) is 0 Å². The van der Waals surface area contributed by atoms with E-state index in [0.29, 0.717) is 12.8 Å². The maximum Gasteiger partial charge on any atom is 0.331 e. The van der Waals surface area contributed by atoms with Gasteiger partial charge in [0.05, 0.1) is 72.6 Å². The van der Waals surface area contributed by atoms with Gasteiger partial charge in [-0.05, 0) is 78.4 Å². The summed E-state index contributed by atoms with van der Waals surface area (Å²) in [7, 11) is 6.04. The lowest BCUT2D eigenvalue weighted by atomic mass is 9.41. The Kier molecular flexibility index (Phi) is 21.3. The number of rotatable bonds is 19. The van der Waals surface area contributed by atoms with Crippen LogP contribution in [0.15, 0.2) is 48.6 Å². The van der Waals surface area contributed by atoms with Crippen LogP contribution in [0.3, 0.4) is 0 Å². The smallest absolute Gasteiger partial charge is 0.331 e. The highest BCUT2D eigenvalue weighted by Crippen LogP contribution is 2.71. The summed E-state index contributed by atoms with van der Waals surface area (Å²) < 4.78 is 93.4. The minimum Gasteiger partial charge on any atom is -0.458 e. The van der Waals surface area contributed by atoms with E-state index in [-0.39, 0.29) is 44.9 Å². The van der Waals surface area contributed by atoms with Crippen molar-refractivity contribution in [3.8, 4) is 0 Å². The number of carbonyl (C=O) groups is 1. The van der Waals surface area contributed by atoms with Gasteiger partial charge >= 0.3 is 5.97 Å². The average Bonchev–Trinajstić information content (AvgIpc) is 1.33. The highest BCUT2D eigenvalue weighted by molar-refractivity contribution is 5.87. The largest absolute Gasteiger partial charge is 0.458 e. The molecule has 3 saturated carbocycles. The number of fused-ring (bicyclic) bond motifs is 5. The normalized spacial score (nSPS) is 50.8. The molecule has 10 rings (SSSR count). The van der Waals surface area contributed by atoms with Crippen molar-refractivity contribution in [3.63, 3.8) is 0 Å². The zero-order chi connectivity index (χ0) is 65.2. The lowest BCUT2D eigenvalue weighted by Gasteiger charge is -2.68. The first-order valence-electron chi connectivity index (χ1n) is 31.8. The van der Waals surface area contributed by atoms with E-state index < -0.39 is 205 Å². The third-order valence-electron chi connectivity index (χ3n) is 22.2. The molecule has 90 heavy (non-hydrogen) atoms. The maximum absolute atomic E-state index is 13.7. The second-order valence-corrected chi connectivity index (χ2v) is 27.0. The molecule has 0 aromatic heterocycles. The molecule has 1 aromatic rings. The average molecular weight is 1280 g/mol. The Morgan fingerprint density at radius 3 is 1.70 bits per heavy atom. The fraction of sp³-hybridized carbons (Fsp3) is 0.828. The zero-order valence-electron chi connectivity index (χ0n) is 53.3. The van der Waals surface area contributed by atoms with E-state index in [1.165, 1.54) is 33.3 Å². The van der Waals surface area contributed by atoms with Gasteiger partial charge in [-0.3, -0.25) is 0 Å². The van der Waals surface area contributed by atoms with Crippen molar-refractivity contribution < 1.29 is 127 Å². The fourth-order valence-corrected chi connectivity index (χ4v) is 16.7. The lowest BCUT2D eigenvalue weighted by molar-refractivity contribution is -0.374. The molecule has 0 spiro atoms. The Bertz CT molecular complexity index is 2620. The Balaban J connectivity index is 0.736. The molecule has 9 aliphatic rings. The Hall–Kier alpha value is -2.79. The SMILES string of the molecule is CO[C@H]1[C@@H](O)[C@H](O[C@@H]2[C@@H](C)O[C@@H](O[C@H]3[C@@H](OC)C[C@H](O[C@H]4[C@@H](OC)C[C@H](O[C@H]5CC[C@]6(C)[C@H]7C[C@@H](OC(=O)C=Cc8ccccc8)[C@@]8(C)[C@](O)(CC[C@@]8(O)[C@H](C)O)[C@]7(O)C=C[C@@]6(O)C5)O[C@@H]4C)O[C@@H]3C)C[C@H]2OC)O[C@H](C)[C@H]1O[C@@H]1O[C@H](CO)[C@@H](O)[C@H](O)[C@H]1O. The van der Waals surface area contributed by atoms with Crippen LogP contribution < -0.4 is 0 Å². The summed E-state index contributed by atoms with van der Waals surface area (Å²) in [5.41, 5.74) is -9.76. The quantitative estimate of drug-likeness (QED) is 0.0520. The van der Waals surface area contributed by atoms with Gasteiger partial charge in [0, 0.05) is 71.5 Å². The molecule has 10 N–H and O–H groups in total. The Morgan fingerprint density at radius 1 is 0.622 bits per heavy atom. The minimum atomic E-state index is -2.11. The second-order valence-electron chi connectivity index (χ2n) is 27.0. The molecule has 1 aromatic carbocycles. The molecule has 5 saturated heterocycles. The van der Waals surface area contributed by atoms with E-state index in [9.17, 15) is 55.9 Å². The van der Waals surface area contributed by atoms with Gasteiger partial charge in [0.2, 0.25) is 0 Å².